The van der Waals surface area contributed by atoms with Crippen LogP contribution in [0.1, 0.15) is 0 Å². The highest BCUT2D eigenvalue weighted by Gasteiger charge is 2.24. The number of rotatable bonds is 0. The van der Waals surface area contributed by atoms with E-state index in [1.54, 1.807) is 0 Å². The van der Waals surface area contributed by atoms with E-state index in [-0.39, 0.29) is 12.4 Å². The first kappa shape index (κ1) is 9.89. The van der Waals surface area contributed by atoms with Crippen LogP contribution >= 0.6 is 12.4 Å². The third-order valence-electron chi connectivity index (χ3n) is 0.134. The van der Waals surface area contributed by atoms with Crippen molar-refractivity contribution in [3.63, 3.8) is 0 Å². The molecule has 0 bridgehead atoms. The van der Waals surface area contributed by atoms with Crippen molar-refractivity contribution in [2.75, 3.05) is 0 Å². The summed E-state index contributed by atoms with van der Waals surface area (Å²) in [5, 5.41) is 0. The molecule has 0 rings (SSSR count). The van der Waals surface area contributed by atoms with Crippen molar-refractivity contribution in [3.05, 3.63) is 0 Å². The molecule has 0 atom stereocenters. The van der Waals surface area contributed by atoms with Gasteiger partial charge >= 0.3 is 6.18 Å². The lowest BCUT2D eigenvalue weighted by Crippen LogP contribution is -2.07. The van der Waals surface area contributed by atoms with Crippen LogP contribution in [0.3, 0.4) is 0 Å². The lowest BCUT2D eigenvalue weighted by atomic mass is 10.8. The molecule has 0 radical (unpaired) electrons. The second-order valence-corrected chi connectivity index (χ2v) is 0.659. The van der Waals surface area contributed by atoms with Gasteiger partial charge in [0.2, 0.25) is 6.29 Å². The number of hydrogen-bond acceptors (Lipinski definition) is 1. The molecule has 0 saturated carbocycles. The van der Waals surface area contributed by atoms with E-state index in [0.717, 1.165) is 0 Å². The summed E-state index contributed by atoms with van der Waals surface area (Å²) in [5.74, 6) is 0. The Balaban J connectivity index is 0. The summed E-state index contributed by atoms with van der Waals surface area (Å²) in [7, 11) is 0. The summed E-state index contributed by atoms with van der Waals surface area (Å²) in [5.41, 5.74) is 0. The van der Waals surface area contributed by atoms with Crippen LogP contribution in [0.25, 0.3) is 0 Å². The van der Waals surface area contributed by atoms with Gasteiger partial charge in [-0.3, -0.25) is 4.79 Å². The zero-order valence-corrected chi connectivity index (χ0v) is 3.84. The predicted molar refractivity (Wildman–Crippen MR) is 19.4 cm³/mol. The first-order valence-electron chi connectivity index (χ1n) is 1.09. The SMILES string of the molecule is Cl.O=CC(F)(F)F. The highest BCUT2D eigenvalue weighted by atomic mass is 35.5. The van der Waals surface area contributed by atoms with Gasteiger partial charge in [0.15, 0.2) is 0 Å². The van der Waals surface area contributed by atoms with Gasteiger partial charge in [-0.25, -0.2) is 0 Å². The van der Waals surface area contributed by atoms with Crippen molar-refractivity contribution < 1.29 is 18.0 Å². The van der Waals surface area contributed by atoms with Crippen LogP contribution in [0.4, 0.5) is 13.2 Å². The normalized spacial score (nSPS) is 9.57. The van der Waals surface area contributed by atoms with Gasteiger partial charge < -0.3 is 0 Å². The van der Waals surface area contributed by atoms with Gasteiger partial charge in [-0.1, -0.05) is 0 Å². The molecule has 0 aliphatic rings. The summed E-state index contributed by atoms with van der Waals surface area (Å²) < 4.78 is 31.2. The van der Waals surface area contributed by atoms with E-state index in [1.165, 1.54) is 0 Å². The van der Waals surface area contributed by atoms with E-state index in [4.69, 9.17) is 4.79 Å². The molecule has 44 valence electrons. The number of carbonyl (C=O) groups is 1. The Hall–Kier alpha value is -0.250. The Kier molecular flexibility index (Phi) is 4.02. The fourth-order valence-corrected chi connectivity index (χ4v) is 0. The van der Waals surface area contributed by atoms with E-state index in [9.17, 15) is 13.2 Å². The molecule has 7 heavy (non-hydrogen) atoms. The van der Waals surface area contributed by atoms with Crippen LogP contribution in [0.5, 0.6) is 0 Å². The first-order chi connectivity index (χ1) is 2.56. The van der Waals surface area contributed by atoms with Crippen LogP contribution in [0.15, 0.2) is 0 Å². The molecule has 0 amide bonds. The molecule has 5 heteroatoms. The van der Waals surface area contributed by atoms with E-state index in [1.807, 2.05) is 0 Å². The third kappa shape index (κ3) is 10.7. The molecule has 0 aromatic rings. The largest absolute Gasteiger partial charge is 0.446 e. The second kappa shape index (κ2) is 2.85. The van der Waals surface area contributed by atoms with Gasteiger partial charge in [0, 0.05) is 0 Å². The van der Waals surface area contributed by atoms with E-state index >= 15 is 0 Å². The predicted octanol–water partition coefficient (Wildman–Crippen LogP) is 1.17. The molecule has 0 aliphatic heterocycles. The summed E-state index contributed by atoms with van der Waals surface area (Å²) in [6.07, 6.45) is -5.70. The van der Waals surface area contributed by atoms with E-state index in [0.29, 0.717) is 0 Å². The van der Waals surface area contributed by atoms with Crippen LogP contribution in [-0.2, 0) is 4.79 Å². The zero-order chi connectivity index (χ0) is 5.21. The standard InChI is InChI=1S/C2HF3O.ClH/c3-2(4,5)1-6;/h1H;1H. The molecular formula is C2H2ClF3O. The van der Waals surface area contributed by atoms with Gasteiger partial charge in [-0.05, 0) is 0 Å². The minimum Gasteiger partial charge on any atom is -0.293 e. The van der Waals surface area contributed by atoms with Crippen molar-refractivity contribution in [2.24, 2.45) is 0 Å². The Morgan fingerprint density at radius 1 is 1.29 bits per heavy atom. The van der Waals surface area contributed by atoms with Gasteiger partial charge in [0.1, 0.15) is 0 Å². The van der Waals surface area contributed by atoms with Crippen molar-refractivity contribution >= 4 is 18.7 Å². The van der Waals surface area contributed by atoms with Gasteiger partial charge in [-0.15, -0.1) is 12.4 Å². The Morgan fingerprint density at radius 2 is 1.43 bits per heavy atom. The average molecular weight is 134 g/mol. The fraction of sp³-hybridized carbons (Fsp3) is 0.500. The van der Waals surface area contributed by atoms with Gasteiger partial charge in [0.05, 0.1) is 0 Å². The van der Waals surface area contributed by atoms with E-state index in [2.05, 4.69) is 0 Å². The Bertz CT molecular complexity index is 58.4. The van der Waals surface area contributed by atoms with E-state index < -0.39 is 12.5 Å². The van der Waals surface area contributed by atoms with Crippen molar-refractivity contribution in [1.82, 2.24) is 0 Å². The molecule has 0 N–H and O–H groups in total. The summed E-state index contributed by atoms with van der Waals surface area (Å²) in [4.78, 5) is 8.70. The summed E-state index contributed by atoms with van der Waals surface area (Å²) in [6.45, 7) is 0. The highest BCUT2D eigenvalue weighted by Crippen LogP contribution is 2.08. The molecule has 0 fully saturated rings. The highest BCUT2D eigenvalue weighted by molar-refractivity contribution is 5.85. The molecule has 0 unspecified atom stereocenters. The monoisotopic (exact) mass is 134 g/mol. The van der Waals surface area contributed by atoms with Crippen LogP contribution in [0.2, 0.25) is 0 Å². The maximum Gasteiger partial charge on any atom is 0.446 e. The Morgan fingerprint density at radius 3 is 1.43 bits per heavy atom. The maximum atomic E-state index is 10.4. The molecule has 0 aliphatic carbocycles. The fourth-order valence-electron chi connectivity index (χ4n) is 0. The lowest BCUT2D eigenvalue weighted by Gasteiger charge is -1.87. The molecule has 0 aromatic carbocycles. The number of hydrogen-bond donors (Lipinski definition) is 0. The van der Waals surface area contributed by atoms with Crippen molar-refractivity contribution in [2.45, 2.75) is 6.18 Å². The topological polar surface area (TPSA) is 17.1 Å². The number of carbonyl (C=O) groups excluding carboxylic acids is 1. The minimum atomic E-state index is -4.64. The molecule has 0 heterocycles. The van der Waals surface area contributed by atoms with Gasteiger partial charge in [0.25, 0.3) is 0 Å². The van der Waals surface area contributed by atoms with Crippen LogP contribution < -0.4 is 0 Å². The number of aldehydes is 1. The lowest BCUT2D eigenvalue weighted by molar-refractivity contribution is -0.156. The zero-order valence-electron chi connectivity index (χ0n) is 3.03. The van der Waals surface area contributed by atoms with Gasteiger partial charge in [-0.2, -0.15) is 13.2 Å². The smallest absolute Gasteiger partial charge is 0.293 e. The summed E-state index contributed by atoms with van der Waals surface area (Å²) in [6, 6.07) is 0. The molecule has 0 spiro atoms. The quantitative estimate of drug-likeness (QED) is 0.455. The third-order valence-corrected chi connectivity index (χ3v) is 0.134. The summed E-state index contributed by atoms with van der Waals surface area (Å²) >= 11 is 0. The number of halogens is 4. The Labute approximate surface area is 43.9 Å². The average Bonchev–Trinajstić information content (AvgIpc) is 1.35. The van der Waals surface area contributed by atoms with Crippen molar-refractivity contribution in [1.29, 1.82) is 0 Å². The maximum absolute atomic E-state index is 10.4. The number of alkyl halides is 3. The molecule has 1 nitrogen and oxygen atoms in total. The minimum absolute atomic E-state index is 0. The van der Waals surface area contributed by atoms with Crippen molar-refractivity contribution in [3.8, 4) is 0 Å². The van der Waals surface area contributed by atoms with Crippen LogP contribution in [-0.4, -0.2) is 12.5 Å². The first-order valence-corrected chi connectivity index (χ1v) is 1.09. The molecular weight excluding hydrogens is 132 g/mol. The van der Waals surface area contributed by atoms with Crippen LogP contribution in [0, 0.1) is 0 Å². The second-order valence-electron chi connectivity index (χ2n) is 0.659. The molecule has 0 saturated heterocycles. The molecule has 0 aromatic heterocycles.